The molecule has 11 heteroatoms. The van der Waals surface area contributed by atoms with Crippen LogP contribution >= 0.6 is 11.6 Å². The normalized spacial score (nSPS) is 11.6. The van der Waals surface area contributed by atoms with Gasteiger partial charge in [-0.25, -0.2) is 0 Å². The first kappa shape index (κ1) is 23.7. The fourth-order valence-electron chi connectivity index (χ4n) is 2.56. The average molecular weight is 506 g/mol. The van der Waals surface area contributed by atoms with Crippen molar-refractivity contribution in [2.45, 2.75) is 11.8 Å². The Morgan fingerprint density at radius 1 is 1.14 bits per heavy atom. The first-order valence-corrected chi connectivity index (χ1v) is 9.55. The molecule has 0 radical (unpaired) electrons. The van der Waals surface area contributed by atoms with Gasteiger partial charge in [-0.2, -0.15) is 18.6 Å². The molecule has 144 valence electrons. The van der Waals surface area contributed by atoms with Gasteiger partial charge in [0.15, 0.2) is 0 Å². The van der Waals surface area contributed by atoms with E-state index in [2.05, 4.69) is 10.2 Å². The molecule has 0 aliphatic rings. The molecule has 3 rings (SSSR count). The molecule has 0 aliphatic carbocycles. The third-order valence-electron chi connectivity index (χ3n) is 4.04. The predicted molar refractivity (Wildman–Crippen MR) is 104 cm³/mol. The monoisotopic (exact) mass is 506 g/mol. The van der Waals surface area contributed by atoms with Crippen LogP contribution < -0.4 is 10.2 Å². The zero-order chi connectivity index (χ0) is 20.6. The van der Waals surface area contributed by atoms with E-state index < -0.39 is 32.3 Å². The zero-order valence-electron chi connectivity index (χ0n) is 14.9. The molecule has 0 saturated carbocycles. The van der Waals surface area contributed by atoms with Gasteiger partial charge >= 0.3 is 45.5 Å². The quantitative estimate of drug-likeness (QED) is 0.327. The van der Waals surface area contributed by atoms with Gasteiger partial charge in [0.2, 0.25) is 0 Å². The molecule has 8 nitrogen and oxygen atoms in total. The number of nitrogens with zero attached hydrogens (tertiary/aromatic N) is 2. The second kappa shape index (κ2) is 9.09. The summed E-state index contributed by atoms with van der Waals surface area (Å²) in [5.74, 6) is -2.54. The Morgan fingerprint density at radius 3 is 2.41 bits per heavy atom. The summed E-state index contributed by atoms with van der Waals surface area (Å²) in [5.41, 5.74) is -0.479. The summed E-state index contributed by atoms with van der Waals surface area (Å²) in [4.78, 5) is 10.8. The maximum Gasteiger partial charge on any atom is 2.00 e. The molecule has 0 aliphatic heterocycles. The van der Waals surface area contributed by atoms with Crippen LogP contribution in [0.5, 0.6) is 5.75 Å². The second-order valence-corrected chi connectivity index (χ2v) is 7.66. The molecular formula is C18H11ClN2O6SSr. The Bertz CT molecular complexity index is 1260. The Labute approximate surface area is 207 Å². The maximum absolute atomic E-state index is 12.5. The molecule has 3 aromatic rings. The number of carboxylic acids is 1. The van der Waals surface area contributed by atoms with Crippen molar-refractivity contribution in [1.82, 2.24) is 0 Å². The smallest absolute Gasteiger partial charge is 0.871 e. The van der Waals surface area contributed by atoms with Crippen molar-refractivity contribution < 1.29 is 28.0 Å². The van der Waals surface area contributed by atoms with Crippen LogP contribution in [0.25, 0.3) is 10.8 Å². The molecule has 0 amide bonds. The average Bonchev–Trinajstić information content (AvgIpc) is 2.62. The summed E-state index contributed by atoms with van der Waals surface area (Å²) < 4.78 is 32.0. The van der Waals surface area contributed by atoms with Gasteiger partial charge < -0.3 is 15.0 Å². The summed E-state index contributed by atoms with van der Waals surface area (Å²) in [7, 11) is -4.54. The van der Waals surface area contributed by atoms with E-state index in [1.54, 1.807) is 24.3 Å². The second-order valence-electron chi connectivity index (χ2n) is 5.83. The van der Waals surface area contributed by atoms with Crippen molar-refractivity contribution in [2.24, 2.45) is 10.2 Å². The van der Waals surface area contributed by atoms with Gasteiger partial charge in [-0.1, -0.05) is 41.6 Å². The third kappa shape index (κ3) is 4.97. The van der Waals surface area contributed by atoms with Gasteiger partial charge in [0, 0.05) is 10.4 Å². The number of azo groups is 1. The Hall–Kier alpha value is -1.53. The number of benzene rings is 3. The largest absolute Gasteiger partial charge is 2.00 e. The summed E-state index contributed by atoms with van der Waals surface area (Å²) in [6.07, 6.45) is 0. The van der Waals surface area contributed by atoms with E-state index in [0.29, 0.717) is 16.3 Å². The van der Waals surface area contributed by atoms with Crippen molar-refractivity contribution in [1.29, 1.82) is 0 Å². The van der Waals surface area contributed by atoms with Crippen molar-refractivity contribution in [2.75, 3.05) is 0 Å². The molecule has 0 aromatic heterocycles. The van der Waals surface area contributed by atoms with E-state index in [0.717, 1.165) is 12.1 Å². The van der Waals surface area contributed by atoms with E-state index in [1.165, 1.54) is 13.0 Å². The molecule has 29 heavy (non-hydrogen) atoms. The number of aromatic carboxylic acids is 1. The number of halogens is 1. The fourth-order valence-corrected chi connectivity index (χ4v) is 3.36. The molecule has 0 unspecified atom stereocenters. The number of fused-ring (bicyclic) bond motifs is 1. The van der Waals surface area contributed by atoms with E-state index in [-0.39, 0.29) is 61.9 Å². The number of rotatable bonds is 4. The molecule has 1 N–H and O–H groups in total. The number of carbonyl (C=O) groups excluding carboxylic acids is 1. The SMILES string of the molecule is Cc1c(Cl)cc(S(=O)(=O)O)cc1N=Nc1c([O-])c(C(=O)[O-])cc2ccccc12.[Sr+2]. The number of hydrogen-bond donors (Lipinski definition) is 1. The van der Waals surface area contributed by atoms with Gasteiger partial charge in [-0.15, -0.1) is 0 Å². The molecule has 0 heterocycles. The molecule has 0 bridgehead atoms. The summed E-state index contributed by atoms with van der Waals surface area (Å²) in [6.45, 7) is 1.54. The van der Waals surface area contributed by atoms with Crippen LogP contribution in [0.2, 0.25) is 5.02 Å². The fraction of sp³-hybridized carbons (Fsp3) is 0.0556. The van der Waals surface area contributed by atoms with E-state index >= 15 is 0 Å². The summed E-state index contributed by atoms with van der Waals surface area (Å²) >= 11 is 5.97. The molecule has 0 saturated heterocycles. The standard InChI is InChI=1S/C18H13ClN2O6S.Sr/c1-9-14(19)7-11(28(25,26)27)8-15(9)20-21-16-12-5-3-2-4-10(12)6-13(17(16)22)18(23)24;/h2-8,22H,1H3,(H,23,24)(H,25,26,27);/q;+2/p-2. The van der Waals surface area contributed by atoms with Gasteiger partial charge in [-0.05, 0) is 41.6 Å². The molecular weight excluding hydrogens is 495 g/mol. The van der Waals surface area contributed by atoms with Crippen molar-refractivity contribution in [3.63, 3.8) is 0 Å². The van der Waals surface area contributed by atoms with E-state index in [4.69, 9.17) is 11.6 Å². The maximum atomic E-state index is 12.5. The number of hydrogen-bond acceptors (Lipinski definition) is 7. The van der Waals surface area contributed by atoms with Crippen LogP contribution in [0.15, 0.2) is 57.6 Å². The van der Waals surface area contributed by atoms with Crippen LogP contribution in [-0.4, -0.2) is 64.4 Å². The Morgan fingerprint density at radius 2 is 1.79 bits per heavy atom. The van der Waals surface area contributed by atoms with Gasteiger partial charge in [0.25, 0.3) is 10.1 Å². The van der Waals surface area contributed by atoms with Gasteiger partial charge in [0.1, 0.15) is 0 Å². The first-order valence-electron chi connectivity index (χ1n) is 7.73. The topological polar surface area (TPSA) is 142 Å². The van der Waals surface area contributed by atoms with E-state index in [9.17, 15) is 28.0 Å². The number of carboxylic acid groups (broad SMARTS) is 1. The molecule has 0 fully saturated rings. The first-order chi connectivity index (χ1) is 13.1. The van der Waals surface area contributed by atoms with Gasteiger partial charge in [0.05, 0.1) is 22.2 Å². The van der Waals surface area contributed by atoms with Crippen molar-refractivity contribution >= 4 is 95.3 Å². The van der Waals surface area contributed by atoms with Crippen LogP contribution in [0.1, 0.15) is 15.9 Å². The summed E-state index contributed by atoms with van der Waals surface area (Å²) in [6, 6.07) is 9.74. The molecule has 0 spiro atoms. The summed E-state index contributed by atoms with van der Waals surface area (Å²) in [5, 5.41) is 32.3. The minimum Gasteiger partial charge on any atom is -0.871 e. The van der Waals surface area contributed by atoms with Crippen molar-refractivity contribution in [3.8, 4) is 5.75 Å². The van der Waals surface area contributed by atoms with E-state index in [1.807, 2.05) is 0 Å². The van der Waals surface area contributed by atoms with Crippen LogP contribution in [0, 0.1) is 6.92 Å². The zero-order valence-corrected chi connectivity index (χ0v) is 20.0. The third-order valence-corrected chi connectivity index (χ3v) is 5.27. The Kier molecular flexibility index (Phi) is 7.44. The minimum atomic E-state index is -4.54. The molecule has 0 atom stereocenters. The van der Waals surface area contributed by atoms with Crippen LogP contribution in [-0.2, 0) is 10.1 Å². The minimum absolute atomic E-state index is 0. The predicted octanol–water partition coefficient (Wildman–Crippen LogP) is 2.52. The van der Waals surface area contributed by atoms with Crippen molar-refractivity contribution in [3.05, 3.63) is 58.6 Å². The number of carbonyl (C=O) groups is 1. The van der Waals surface area contributed by atoms with Crippen LogP contribution in [0.4, 0.5) is 11.4 Å². The molecule has 3 aromatic carbocycles. The van der Waals surface area contributed by atoms with Gasteiger partial charge in [-0.3, -0.25) is 4.55 Å². The van der Waals surface area contributed by atoms with Crippen LogP contribution in [0.3, 0.4) is 0 Å². The Balaban J connectivity index is 0.00000300.